The molecule has 1 aliphatic rings. The lowest BCUT2D eigenvalue weighted by molar-refractivity contribution is -0.147. The van der Waals surface area contributed by atoms with Gasteiger partial charge in [-0.25, -0.2) is 0 Å². The number of carbonyl (C=O) groups is 2. The number of nitrogens with zero attached hydrogens (tertiary/aromatic N) is 3. The number of amides is 2. The first kappa shape index (κ1) is 15.5. The summed E-state index contributed by atoms with van der Waals surface area (Å²) in [6, 6.07) is 1.60. The molecule has 1 fully saturated rings. The van der Waals surface area contributed by atoms with Gasteiger partial charge < -0.3 is 10.2 Å². The van der Waals surface area contributed by atoms with Crippen LogP contribution < -0.4 is 5.32 Å². The summed E-state index contributed by atoms with van der Waals surface area (Å²) in [7, 11) is 0. The maximum Gasteiger partial charge on any atom is 0.243 e. The zero-order chi connectivity index (χ0) is 15.6. The lowest BCUT2D eigenvalue weighted by Crippen LogP contribution is -2.58. The molecule has 2 heterocycles. The van der Waals surface area contributed by atoms with Crippen LogP contribution in [0.2, 0.25) is 0 Å². The summed E-state index contributed by atoms with van der Waals surface area (Å²) in [6.07, 6.45) is 0.677. The van der Waals surface area contributed by atoms with Gasteiger partial charge in [0, 0.05) is 6.54 Å². The van der Waals surface area contributed by atoms with Crippen LogP contribution in [0.5, 0.6) is 0 Å². The molecule has 2 amide bonds. The molecule has 2 rings (SSSR count). The zero-order valence-electron chi connectivity index (χ0n) is 13.2. The summed E-state index contributed by atoms with van der Waals surface area (Å²) >= 11 is 0. The highest BCUT2D eigenvalue weighted by Crippen LogP contribution is 2.18. The molecule has 116 valence electrons. The van der Waals surface area contributed by atoms with Crippen molar-refractivity contribution in [1.29, 1.82) is 0 Å². The van der Waals surface area contributed by atoms with Crippen molar-refractivity contribution in [2.45, 2.75) is 53.2 Å². The minimum Gasteiger partial charge on any atom is -0.345 e. The largest absolute Gasteiger partial charge is 0.345 e. The third kappa shape index (κ3) is 3.43. The Kier molecular flexibility index (Phi) is 4.65. The number of carbonyl (C=O) groups excluding carboxylic acids is 2. The van der Waals surface area contributed by atoms with Gasteiger partial charge in [0.2, 0.25) is 11.8 Å². The Morgan fingerprint density at radius 3 is 2.76 bits per heavy atom. The van der Waals surface area contributed by atoms with Crippen molar-refractivity contribution in [2.75, 3.05) is 6.54 Å². The number of piperazine rings is 1. The van der Waals surface area contributed by atoms with Crippen molar-refractivity contribution in [3.63, 3.8) is 0 Å². The van der Waals surface area contributed by atoms with Crippen LogP contribution >= 0.6 is 0 Å². The summed E-state index contributed by atoms with van der Waals surface area (Å²) in [5.74, 6) is 0.274. The van der Waals surface area contributed by atoms with Gasteiger partial charge in [0.1, 0.15) is 6.04 Å². The highest BCUT2D eigenvalue weighted by atomic mass is 16.2. The number of aryl methyl sites for hydroxylation is 2. The van der Waals surface area contributed by atoms with Gasteiger partial charge in [-0.15, -0.1) is 0 Å². The fourth-order valence-corrected chi connectivity index (χ4v) is 2.75. The van der Waals surface area contributed by atoms with E-state index in [0.717, 1.165) is 17.9 Å². The second kappa shape index (κ2) is 6.28. The van der Waals surface area contributed by atoms with E-state index in [2.05, 4.69) is 24.3 Å². The van der Waals surface area contributed by atoms with Crippen LogP contribution in [0.15, 0.2) is 6.07 Å². The summed E-state index contributed by atoms with van der Waals surface area (Å²) in [5, 5.41) is 7.09. The third-order valence-corrected chi connectivity index (χ3v) is 3.73. The van der Waals surface area contributed by atoms with E-state index in [9.17, 15) is 9.59 Å². The molecule has 1 saturated heterocycles. The van der Waals surface area contributed by atoms with Crippen LogP contribution in [-0.4, -0.2) is 39.1 Å². The van der Waals surface area contributed by atoms with Crippen LogP contribution in [0.3, 0.4) is 0 Å². The van der Waals surface area contributed by atoms with E-state index in [1.165, 1.54) is 0 Å². The topological polar surface area (TPSA) is 67.2 Å². The van der Waals surface area contributed by atoms with E-state index < -0.39 is 0 Å². The normalized spacial score (nSPS) is 19.3. The van der Waals surface area contributed by atoms with E-state index in [4.69, 9.17) is 0 Å². The SMILES string of the molecule is CCn1nc(C)cc1CN1C(=O)CNC(=O)C1CC(C)C. The number of aromatic nitrogens is 2. The van der Waals surface area contributed by atoms with Crippen molar-refractivity contribution in [2.24, 2.45) is 5.92 Å². The van der Waals surface area contributed by atoms with Gasteiger partial charge in [0.05, 0.1) is 24.5 Å². The molecule has 0 spiro atoms. The molecule has 21 heavy (non-hydrogen) atoms. The predicted molar refractivity (Wildman–Crippen MR) is 79.4 cm³/mol. The maximum absolute atomic E-state index is 12.2. The van der Waals surface area contributed by atoms with Gasteiger partial charge in [-0.1, -0.05) is 13.8 Å². The zero-order valence-corrected chi connectivity index (χ0v) is 13.2. The number of hydrogen-bond donors (Lipinski definition) is 1. The molecule has 0 radical (unpaired) electrons. The molecule has 1 N–H and O–H groups in total. The van der Waals surface area contributed by atoms with Gasteiger partial charge in [-0.2, -0.15) is 5.10 Å². The standard InChI is InChI=1S/C15H24N4O2/c1-5-19-12(7-11(4)17-19)9-18-13(6-10(2)3)15(21)16-8-14(18)20/h7,10,13H,5-6,8-9H2,1-4H3,(H,16,21). The Morgan fingerprint density at radius 1 is 1.43 bits per heavy atom. The first-order valence-corrected chi connectivity index (χ1v) is 7.52. The highest BCUT2D eigenvalue weighted by Gasteiger charge is 2.35. The minimum atomic E-state index is -0.383. The van der Waals surface area contributed by atoms with E-state index in [1.807, 2.05) is 24.6 Å². The Labute approximate surface area is 125 Å². The van der Waals surface area contributed by atoms with Crippen LogP contribution in [0.1, 0.15) is 38.6 Å². The predicted octanol–water partition coefficient (Wildman–Crippen LogP) is 1.08. The fourth-order valence-electron chi connectivity index (χ4n) is 2.75. The van der Waals surface area contributed by atoms with Crippen molar-refractivity contribution < 1.29 is 9.59 Å². The molecular formula is C15H24N4O2. The van der Waals surface area contributed by atoms with Crippen molar-refractivity contribution in [3.05, 3.63) is 17.5 Å². The van der Waals surface area contributed by atoms with Crippen molar-refractivity contribution in [1.82, 2.24) is 20.0 Å². The van der Waals surface area contributed by atoms with Crippen molar-refractivity contribution in [3.8, 4) is 0 Å². The second-order valence-corrected chi connectivity index (χ2v) is 5.98. The first-order valence-electron chi connectivity index (χ1n) is 7.52. The van der Waals surface area contributed by atoms with Gasteiger partial charge in [0.25, 0.3) is 0 Å². The summed E-state index contributed by atoms with van der Waals surface area (Å²) in [4.78, 5) is 26.0. The maximum atomic E-state index is 12.2. The third-order valence-electron chi connectivity index (χ3n) is 3.73. The molecule has 6 heteroatoms. The van der Waals surface area contributed by atoms with Crippen LogP contribution in [0, 0.1) is 12.8 Å². The van der Waals surface area contributed by atoms with Gasteiger partial charge >= 0.3 is 0 Å². The molecule has 6 nitrogen and oxygen atoms in total. The molecule has 0 aliphatic carbocycles. The number of hydrogen-bond acceptors (Lipinski definition) is 3. The lowest BCUT2D eigenvalue weighted by atomic mass is 9.99. The van der Waals surface area contributed by atoms with E-state index >= 15 is 0 Å². The minimum absolute atomic E-state index is 0.0262. The molecular weight excluding hydrogens is 268 g/mol. The molecule has 0 aromatic carbocycles. The molecule has 1 aromatic heterocycles. The lowest BCUT2D eigenvalue weighted by Gasteiger charge is -2.35. The Morgan fingerprint density at radius 2 is 2.14 bits per heavy atom. The molecule has 1 aliphatic heterocycles. The van der Waals surface area contributed by atoms with Gasteiger partial charge in [-0.05, 0) is 32.3 Å². The average molecular weight is 292 g/mol. The summed E-state index contributed by atoms with van der Waals surface area (Å²) < 4.78 is 1.89. The van der Waals surface area contributed by atoms with Crippen LogP contribution in [0.4, 0.5) is 0 Å². The molecule has 1 unspecified atom stereocenters. The van der Waals surface area contributed by atoms with E-state index in [0.29, 0.717) is 18.9 Å². The molecule has 1 aromatic rings. The Bertz CT molecular complexity index is 536. The molecule has 0 saturated carbocycles. The van der Waals surface area contributed by atoms with Crippen LogP contribution in [-0.2, 0) is 22.7 Å². The quantitative estimate of drug-likeness (QED) is 0.883. The second-order valence-electron chi connectivity index (χ2n) is 5.98. The smallest absolute Gasteiger partial charge is 0.243 e. The number of nitrogens with one attached hydrogen (secondary N) is 1. The van der Waals surface area contributed by atoms with E-state index in [1.54, 1.807) is 4.90 Å². The Balaban J connectivity index is 2.24. The first-order chi connectivity index (χ1) is 9.92. The summed E-state index contributed by atoms with van der Waals surface area (Å²) in [5.41, 5.74) is 1.91. The van der Waals surface area contributed by atoms with Crippen molar-refractivity contribution >= 4 is 11.8 Å². The number of rotatable bonds is 5. The van der Waals surface area contributed by atoms with Gasteiger partial charge in [-0.3, -0.25) is 14.3 Å². The molecule has 0 bridgehead atoms. The highest BCUT2D eigenvalue weighted by molar-refractivity contribution is 5.94. The monoisotopic (exact) mass is 292 g/mol. The average Bonchev–Trinajstić information content (AvgIpc) is 2.77. The van der Waals surface area contributed by atoms with Crippen LogP contribution in [0.25, 0.3) is 0 Å². The van der Waals surface area contributed by atoms with Gasteiger partial charge in [0.15, 0.2) is 0 Å². The molecule has 1 atom stereocenters. The van der Waals surface area contributed by atoms with E-state index in [-0.39, 0.29) is 24.4 Å². The Hall–Kier alpha value is -1.85. The fraction of sp³-hybridized carbons (Fsp3) is 0.667. The summed E-state index contributed by atoms with van der Waals surface area (Å²) in [6.45, 7) is 9.37.